The van der Waals surface area contributed by atoms with E-state index in [9.17, 15) is 0 Å². The van der Waals surface area contributed by atoms with E-state index >= 15 is 0 Å². The van der Waals surface area contributed by atoms with E-state index in [0.29, 0.717) is 23.8 Å². The lowest BCUT2D eigenvalue weighted by atomic mass is 10.2. The summed E-state index contributed by atoms with van der Waals surface area (Å²) in [7, 11) is 4.82. The number of nitrogens with zero attached hydrogens (tertiary/aromatic N) is 2. The molecule has 2 aromatic rings. The Morgan fingerprint density at radius 2 is 1.73 bits per heavy atom. The predicted molar refractivity (Wildman–Crippen MR) is 134 cm³/mol. The van der Waals surface area contributed by atoms with Gasteiger partial charge in [0.15, 0.2) is 17.5 Å². The van der Waals surface area contributed by atoms with Crippen molar-refractivity contribution in [3.8, 4) is 17.2 Å². The van der Waals surface area contributed by atoms with E-state index in [1.54, 1.807) is 32.7 Å². The highest BCUT2D eigenvalue weighted by molar-refractivity contribution is 14.0. The number of rotatable bonds is 10. The minimum atomic E-state index is 0. The lowest BCUT2D eigenvalue weighted by Crippen LogP contribution is -2.38. The highest BCUT2D eigenvalue weighted by Crippen LogP contribution is 2.38. The standard InChI is InChI=1S/C21H32N4O3S.HI/c1-7-16-14(3)29-19(25-16)9-10-23-21(22-8-2)24-13-15-11-17(26-4)20(28-6)18(12-15)27-5;/h11-12H,7-10,13H2,1-6H3,(H2,22,23,24);1H. The van der Waals surface area contributed by atoms with E-state index in [0.717, 1.165) is 42.5 Å². The number of guanidine groups is 1. The van der Waals surface area contributed by atoms with Crippen LogP contribution in [0.5, 0.6) is 17.2 Å². The van der Waals surface area contributed by atoms with Gasteiger partial charge in [-0.2, -0.15) is 0 Å². The van der Waals surface area contributed by atoms with Crippen LogP contribution in [0.4, 0.5) is 0 Å². The fourth-order valence-electron chi connectivity index (χ4n) is 2.95. The van der Waals surface area contributed by atoms with Gasteiger partial charge >= 0.3 is 0 Å². The highest BCUT2D eigenvalue weighted by Gasteiger charge is 2.13. The Bertz CT molecular complexity index is 802. The van der Waals surface area contributed by atoms with Crippen LogP contribution in [0.25, 0.3) is 0 Å². The second-order valence-electron chi connectivity index (χ2n) is 6.37. The molecule has 0 amide bonds. The topological polar surface area (TPSA) is 77.0 Å². The monoisotopic (exact) mass is 548 g/mol. The van der Waals surface area contributed by atoms with Crippen molar-refractivity contribution < 1.29 is 14.2 Å². The summed E-state index contributed by atoms with van der Waals surface area (Å²) in [5.74, 6) is 2.60. The summed E-state index contributed by atoms with van der Waals surface area (Å²) in [5, 5.41) is 7.83. The average molecular weight is 548 g/mol. The smallest absolute Gasteiger partial charge is 0.203 e. The second-order valence-corrected chi connectivity index (χ2v) is 7.66. The maximum absolute atomic E-state index is 5.42. The normalized spacial score (nSPS) is 10.9. The molecule has 168 valence electrons. The van der Waals surface area contributed by atoms with E-state index in [1.807, 2.05) is 19.1 Å². The Hall–Kier alpha value is -1.75. The molecule has 2 N–H and O–H groups in total. The van der Waals surface area contributed by atoms with Gasteiger partial charge in [-0.1, -0.05) is 6.92 Å². The number of benzene rings is 1. The molecule has 0 unspecified atom stereocenters. The number of thiazole rings is 1. The number of methoxy groups -OCH3 is 3. The van der Waals surface area contributed by atoms with Gasteiger partial charge in [0.25, 0.3) is 0 Å². The maximum atomic E-state index is 5.42. The third-order valence-electron chi connectivity index (χ3n) is 4.39. The van der Waals surface area contributed by atoms with Crippen molar-refractivity contribution in [1.29, 1.82) is 0 Å². The Kier molecular flexibility index (Phi) is 11.9. The van der Waals surface area contributed by atoms with Gasteiger partial charge < -0.3 is 24.8 Å². The maximum Gasteiger partial charge on any atom is 0.203 e. The van der Waals surface area contributed by atoms with Crippen LogP contribution in [0.1, 0.15) is 35.0 Å². The minimum Gasteiger partial charge on any atom is -0.493 e. The first kappa shape index (κ1) is 26.3. The first-order valence-corrected chi connectivity index (χ1v) is 10.6. The molecule has 0 fully saturated rings. The Labute approximate surface area is 200 Å². The number of halogens is 1. The molecule has 1 heterocycles. The molecule has 9 heteroatoms. The molecule has 7 nitrogen and oxygen atoms in total. The molecule has 0 bridgehead atoms. The first-order valence-electron chi connectivity index (χ1n) is 9.82. The Morgan fingerprint density at radius 1 is 1.07 bits per heavy atom. The number of aliphatic imine (C=N–C) groups is 1. The fraction of sp³-hybridized carbons (Fsp3) is 0.524. The number of hydrogen-bond donors (Lipinski definition) is 2. The van der Waals surface area contributed by atoms with E-state index in [1.165, 1.54) is 10.6 Å². The molecule has 0 aliphatic rings. The molecule has 0 aliphatic heterocycles. The highest BCUT2D eigenvalue weighted by atomic mass is 127. The van der Waals surface area contributed by atoms with Crippen LogP contribution in [0.15, 0.2) is 17.1 Å². The molecule has 0 spiro atoms. The number of nitrogens with one attached hydrogen (secondary N) is 2. The third-order valence-corrected chi connectivity index (χ3v) is 5.46. The summed E-state index contributed by atoms with van der Waals surface area (Å²) >= 11 is 1.77. The number of ether oxygens (including phenoxy) is 3. The summed E-state index contributed by atoms with van der Waals surface area (Å²) in [6.45, 7) is 8.38. The van der Waals surface area contributed by atoms with Gasteiger partial charge in [-0.25, -0.2) is 9.98 Å². The van der Waals surface area contributed by atoms with Gasteiger partial charge in [0, 0.05) is 24.4 Å². The molecule has 1 aromatic heterocycles. The molecular formula is C21H33IN4O3S. The zero-order valence-corrected chi connectivity index (χ0v) is 21.8. The molecule has 2 rings (SSSR count). The van der Waals surface area contributed by atoms with Crippen LogP contribution in [-0.4, -0.2) is 45.4 Å². The van der Waals surface area contributed by atoms with Gasteiger partial charge in [0.1, 0.15) is 0 Å². The molecule has 0 radical (unpaired) electrons. The largest absolute Gasteiger partial charge is 0.493 e. The van der Waals surface area contributed by atoms with Crippen molar-refractivity contribution in [2.45, 2.75) is 40.2 Å². The van der Waals surface area contributed by atoms with Gasteiger partial charge in [0.05, 0.1) is 38.6 Å². The van der Waals surface area contributed by atoms with Crippen molar-refractivity contribution in [2.24, 2.45) is 4.99 Å². The van der Waals surface area contributed by atoms with Crippen molar-refractivity contribution in [3.63, 3.8) is 0 Å². The van der Waals surface area contributed by atoms with Crippen LogP contribution in [0, 0.1) is 6.92 Å². The molecule has 0 atom stereocenters. The van der Waals surface area contributed by atoms with Crippen LogP contribution >= 0.6 is 35.3 Å². The molecule has 0 saturated carbocycles. The average Bonchev–Trinajstić information content (AvgIpc) is 3.10. The van der Waals surface area contributed by atoms with Crippen LogP contribution in [0.3, 0.4) is 0 Å². The molecule has 0 saturated heterocycles. The van der Waals surface area contributed by atoms with E-state index in [2.05, 4.69) is 29.5 Å². The van der Waals surface area contributed by atoms with Crippen molar-refractivity contribution >= 4 is 41.3 Å². The Balaban J connectivity index is 0.00000450. The zero-order chi connectivity index (χ0) is 21.2. The predicted octanol–water partition coefficient (Wildman–Crippen LogP) is 3.96. The molecule has 30 heavy (non-hydrogen) atoms. The number of aryl methyl sites for hydroxylation is 2. The quantitative estimate of drug-likeness (QED) is 0.266. The summed E-state index contributed by atoms with van der Waals surface area (Å²) in [5.41, 5.74) is 2.17. The molecule has 0 aliphatic carbocycles. The van der Waals surface area contributed by atoms with E-state index in [4.69, 9.17) is 19.2 Å². The van der Waals surface area contributed by atoms with Gasteiger partial charge in [-0.15, -0.1) is 35.3 Å². The molecule has 1 aromatic carbocycles. The summed E-state index contributed by atoms with van der Waals surface area (Å²) in [6.07, 6.45) is 1.86. The van der Waals surface area contributed by atoms with Gasteiger partial charge in [-0.05, 0) is 38.0 Å². The SMILES string of the molecule is CCNC(=NCc1cc(OC)c(OC)c(OC)c1)NCCc1nc(CC)c(C)s1.I. The number of aromatic nitrogens is 1. The third kappa shape index (κ3) is 7.19. The second kappa shape index (κ2) is 13.5. The zero-order valence-electron chi connectivity index (χ0n) is 18.6. The lowest BCUT2D eigenvalue weighted by Gasteiger charge is -2.14. The summed E-state index contributed by atoms with van der Waals surface area (Å²) in [4.78, 5) is 10.7. The summed E-state index contributed by atoms with van der Waals surface area (Å²) in [6, 6.07) is 3.83. The lowest BCUT2D eigenvalue weighted by molar-refractivity contribution is 0.324. The van der Waals surface area contributed by atoms with Crippen molar-refractivity contribution in [2.75, 3.05) is 34.4 Å². The van der Waals surface area contributed by atoms with Crippen LogP contribution in [0.2, 0.25) is 0 Å². The first-order chi connectivity index (χ1) is 14.1. The van der Waals surface area contributed by atoms with E-state index in [-0.39, 0.29) is 24.0 Å². The van der Waals surface area contributed by atoms with Crippen LogP contribution < -0.4 is 24.8 Å². The van der Waals surface area contributed by atoms with Crippen molar-refractivity contribution in [1.82, 2.24) is 15.6 Å². The van der Waals surface area contributed by atoms with Gasteiger partial charge in [0.2, 0.25) is 5.75 Å². The van der Waals surface area contributed by atoms with Crippen molar-refractivity contribution in [3.05, 3.63) is 33.3 Å². The fourth-order valence-corrected chi connectivity index (χ4v) is 3.97. The van der Waals surface area contributed by atoms with Crippen LogP contribution in [-0.2, 0) is 19.4 Å². The summed E-state index contributed by atoms with van der Waals surface area (Å²) < 4.78 is 16.2. The van der Waals surface area contributed by atoms with Gasteiger partial charge in [-0.3, -0.25) is 0 Å². The number of hydrogen-bond acceptors (Lipinski definition) is 6. The minimum absolute atomic E-state index is 0. The van der Waals surface area contributed by atoms with E-state index < -0.39 is 0 Å². The molecular weight excluding hydrogens is 515 g/mol. The Morgan fingerprint density at radius 3 is 2.23 bits per heavy atom.